The summed E-state index contributed by atoms with van der Waals surface area (Å²) >= 11 is 0. The number of carbonyl (C=O) groups excluding carboxylic acids is 1. The SMILES string of the molecule is COc1cc2c(cc1OC)C(C)N(C(=O)[C@@H]1Cc3ccccc3CN1Cc1c(F)cccc1OC)CC2. The van der Waals surface area contributed by atoms with Crippen LogP contribution in [-0.2, 0) is 30.7 Å². The van der Waals surface area contributed by atoms with E-state index >= 15 is 0 Å². The number of fused-ring (bicyclic) bond motifs is 2. The molecule has 3 aromatic rings. The highest BCUT2D eigenvalue weighted by molar-refractivity contribution is 5.83. The first-order valence-electron chi connectivity index (χ1n) is 12.6. The molecule has 0 aliphatic carbocycles. The first kappa shape index (κ1) is 25.1. The first-order chi connectivity index (χ1) is 17.9. The van der Waals surface area contributed by atoms with E-state index in [0.717, 1.165) is 28.7 Å². The van der Waals surface area contributed by atoms with Gasteiger partial charge in [0.1, 0.15) is 11.6 Å². The van der Waals surface area contributed by atoms with Gasteiger partial charge >= 0.3 is 0 Å². The normalized spacial score (nSPS) is 19.1. The highest BCUT2D eigenvalue weighted by atomic mass is 19.1. The molecule has 1 amide bonds. The van der Waals surface area contributed by atoms with Gasteiger partial charge in [0.25, 0.3) is 0 Å². The number of halogens is 1. The van der Waals surface area contributed by atoms with E-state index in [1.165, 1.54) is 6.07 Å². The Bertz CT molecular complexity index is 1310. The topological polar surface area (TPSA) is 51.2 Å². The second kappa shape index (κ2) is 10.4. The molecule has 2 atom stereocenters. The van der Waals surface area contributed by atoms with Gasteiger partial charge in [-0.15, -0.1) is 0 Å². The lowest BCUT2D eigenvalue weighted by molar-refractivity contribution is -0.140. The monoisotopic (exact) mass is 504 g/mol. The molecule has 194 valence electrons. The van der Waals surface area contributed by atoms with Gasteiger partial charge in [0, 0.05) is 25.2 Å². The Morgan fingerprint density at radius 3 is 2.35 bits per heavy atom. The maximum Gasteiger partial charge on any atom is 0.240 e. The van der Waals surface area contributed by atoms with Gasteiger partial charge in [-0.1, -0.05) is 30.3 Å². The third-order valence-electron chi connectivity index (χ3n) is 7.76. The second-order valence-electron chi connectivity index (χ2n) is 9.68. The largest absolute Gasteiger partial charge is 0.496 e. The molecular formula is C30H33FN2O4. The van der Waals surface area contributed by atoms with Crippen molar-refractivity contribution in [3.63, 3.8) is 0 Å². The standard InChI is InChI=1S/C30H33FN2O4/c1-19-23-16-29(37-4)28(36-3)15-21(23)12-13-33(19)30(34)26-14-20-8-5-6-9-22(20)17-32(26)18-24-25(31)10-7-11-27(24)35-2/h5-11,15-16,19,26H,12-14,17-18H2,1-4H3/t19?,26-/m0/s1. The minimum atomic E-state index is -0.414. The maximum atomic E-state index is 14.9. The zero-order valence-electron chi connectivity index (χ0n) is 21.8. The molecule has 2 aliphatic rings. The smallest absolute Gasteiger partial charge is 0.240 e. The fourth-order valence-electron chi connectivity index (χ4n) is 5.71. The molecule has 0 saturated heterocycles. The summed E-state index contributed by atoms with van der Waals surface area (Å²) in [7, 11) is 4.80. The van der Waals surface area contributed by atoms with Gasteiger partial charge in [0.15, 0.2) is 11.5 Å². The van der Waals surface area contributed by atoms with Crippen LogP contribution in [0.5, 0.6) is 17.2 Å². The summed E-state index contributed by atoms with van der Waals surface area (Å²) in [5.41, 5.74) is 5.02. The van der Waals surface area contributed by atoms with E-state index < -0.39 is 6.04 Å². The molecule has 0 fully saturated rings. The molecule has 0 bridgehead atoms. The second-order valence-corrected chi connectivity index (χ2v) is 9.68. The molecular weight excluding hydrogens is 471 g/mol. The molecule has 3 aromatic carbocycles. The summed E-state index contributed by atoms with van der Waals surface area (Å²) in [6.45, 7) is 3.51. The number of benzene rings is 3. The number of rotatable bonds is 6. The Morgan fingerprint density at radius 1 is 0.919 bits per heavy atom. The van der Waals surface area contributed by atoms with Crippen LogP contribution in [0.4, 0.5) is 4.39 Å². The molecule has 0 saturated carbocycles. The van der Waals surface area contributed by atoms with Gasteiger partial charge in [0.05, 0.1) is 33.4 Å². The van der Waals surface area contributed by atoms with Crippen LogP contribution in [0.2, 0.25) is 0 Å². The lowest BCUT2D eigenvalue weighted by atomic mass is 9.89. The van der Waals surface area contributed by atoms with E-state index in [9.17, 15) is 9.18 Å². The molecule has 1 unspecified atom stereocenters. The van der Waals surface area contributed by atoms with Crippen LogP contribution in [0.25, 0.3) is 0 Å². The summed E-state index contributed by atoms with van der Waals surface area (Å²) in [4.78, 5) is 18.2. The fourth-order valence-corrected chi connectivity index (χ4v) is 5.71. The lowest BCUT2D eigenvalue weighted by Gasteiger charge is -2.42. The predicted octanol–water partition coefficient (Wildman–Crippen LogP) is 4.92. The Hall–Kier alpha value is -3.58. The van der Waals surface area contributed by atoms with Gasteiger partial charge in [-0.3, -0.25) is 9.69 Å². The Labute approximate surface area is 217 Å². The van der Waals surface area contributed by atoms with E-state index in [-0.39, 0.29) is 24.3 Å². The molecule has 0 N–H and O–H groups in total. The Morgan fingerprint density at radius 2 is 1.62 bits per heavy atom. The van der Waals surface area contributed by atoms with Crippen molar-refractivity contribution >= 4 is 5.91 Å². The van der Waals surface area contributed by atoms with Crippen LogP contribution in [0.3, 0.4) is 0 Å². The van der Waals surface area contributed by atoms with Crippen molar-refractivity contribution < 1.29 is 23.4 Å². The lowest BCUT2D eigenvalue weighted by Crippen LogP contribution is -2.53. The molecule has 2 aliphatic heterocycles. The summed E-state index contributed by atoms with van der Waals surface area (Å²) < 4.78 is 31.4. The number of carbonyl (C=O) groups is 1. The van der Waals surface area contributed by atoms with E-state index in [4.69, 9.17) is 14.2 Å². The van der Waals surface area contributed by atoms with Crippen molar-refractivity contribution in [1.29, 1.82) is 0 Å². The van der Waals surface area contributed by atoms with Crippen LogP contribution in [0.1, 0.15) is 40.8 Å². The third-order valence-corrected chi connectivity index (χ3v) is 7.76. The van der Waals surface area contributed by atoms with Gasteiger partial charge in [-0.25, -0.2) is 4.39 Å². The molecule has 0 radical (unpaired) electrons. The van der Waals surface area contributed by atoms with Crippen molar-refractivity contribution in [3.05, 3.63) is 88.2 Å². The van der Waals surface area contributed by atoms with E-state index in [1.54, 1.807) is 33.5 Å². The number of hydrogen-bond acceptors (Lipinski definition) is 5. The molecule has 7 heteroatoms. The van der Waals surface area contributed by atoms with Crippen LogP contribution in [0, 0.1) is 5.82 Å². The fraction of sp³-hybridized carbons (Fsp3) is 0.367. The number of amides is 1. The zero-order chi connectivity index (χ0) is 26.1. The van der Waals surface area contributed by atoms with Crippen LogP contribution >= 0.6 is 0 Å². The van der Waals surface area contributed by atoms with Gasteiger partial charge in [-0.2, -0.15) is 0 Å². The van der Waals surface area contributed by atoms with Crippen molar-refractivity contribution in [2.24, 2.45) is 0 Å². The van der Waals surface area contributed by atoms with Gasteiger partial charge < -0.3 is 19.1 Å². The van der Waals surface area contributed by atoms with Crippen LogP contribution in [0.15, 0.2) is 54.6 Å². The molecule has 5 rings (SSSR count). The summed E-state index contributed by atoms with van der Waals surface area (Å²) in [6, 6.07) is 16.5. The first-order valence-corrected chi connectivity index (χ1v) is 12.6. The minimum Gasteiger partial charge on any atom is -0.496 e. The van der Waals surface area contributed by atoms with E-state index in [1.807, 2.05) is 29.2 Å². The quantitative estimate of drug-likeness (QED) is 0.477. The van der Waals surface area contributed by atoms with Crippen molar-refractivity contribution in [2.45, 2.75) is 44.9 Å². The van der Waals surface area contributed by atoms with E-state index in [0.29, 0.717) is 42.3 Å². The molecule has 0 aromatic heterocycles. The molecule has 0 spiro atoms. The van der Waals surface area contributed by atoms with Crippen LogP contribution in [-0.4, -0.2) is 49.6 Å². The zero-order valence-corrected chi connectivity index (χ0v) is 21.8. The molecule has 6 nitrogen and oxygen atoms in total. The average molecular weight is 505 g/mol. The van der Waals surface area contributed by atoms with E-state index in [2.05, 4.69) is 24.0 Å². The minimum absolute atomic E-state index is 0.0535. The van der Waals surface area contributed by atoms with Crippen molar-refractivity contribution in [2.75, 3.05) is 27.9 Å². The number of methoxy groups -OCH3 is 3. The summed E-state index contributed by atoms with van der Waals surface area (Å²) in [5.74, 6) is 1.57. The predicted molar refractivity (Wildman–Crippen MR) is 140 cm³/mol. The Kier molecular flexibility index (Phi) is 7.07. The van der Waals surface area contributed by atoms with Crippen molar-refractivity contribution in [1.82, 2.24) is 9.80 Å². The van der Waals surface area contributed by atoms with Crippen LogP contribution < -0.4 is 14.2 Å². The summed E-state index contributed by atoms with van der Waals surface area (Å²) in [6.07, 6.45) is 1.31. The number of nitrogens with zero attached hydrogens (tertiary/aromatic N) is 2. The number of hydrogen-bond donors (Lipinski definition) is 0. The highest BCUT2D eigenvalue weighted by Crippen LogP contribution is 2.39. The third kappa shape index (κ3) is 4.64. The molecule has 37 heavy (non-hydrogen) atoms. The Balaban J connectivity index is 1.48. The van der Waals surface area contributed by atoms with Crippen molar-refractivity contribution in [3.8, 4) is 17.2 Å². The average Bonchev–Trinajstić information content (AvgIpc) is 2.93. The van der Waals surface area contributed by atoms with Gasteiger partial charge in [0.2, 0.25) is 5.91 Å². The molecule has 2 heterocycles. The number of ether oxygens (including phenoxy) is 3. The maximum absolute atomic E-state index is 14.9. The highest BCUT2D eigenvalue weighted by Gasteiger charge is 2.38. The summed E-state index contributed by atoms with van der Waals surface area (Å²) in [5, 5.41) is 0. The van der Waals surface area contributed by atoms with Gasteiger partial charge in [-0.05, 0) is 66.3 Å².